The van der Waals surface area contributed by atoms with E-state index in [-0.39, 0.29) is 9.92 Å². The summed E-state index contributed by atoms with van der Waals surface area (Å²) in [6, 6.07) is 7.36. The van der Waals surface area contributed by atoms with Crippen LogP contribution >= 0.6 is 11.6 Å². The lowest BCUT2D eigenvalue weighted by Crippen LogP contribution is -2.22. The Balaban J connectivity index is 2.34. The van der Waals surface area contributed by atoms with Crippen LogP contribution in [0, 0.1) is 0 Å². The summed E-state index contributed by atoms with van der Waals surface area (Å²) in [5, 5.41) is 0.263. The molecule has 0 unspecified atom stereocenters. The van der Waals surface area contributed by atoms with E-state index in [4.69, 9.17) is 11.6 Å². The van der Waals surface area contributed by atoms with Crippen molar-refractivity contribution in [3.05, 3.63) is 59.1 Å². The zero-order chi connectivity index (χ0) is 16.5. The molecule has 0 aliphatic carbocycles. The second-order valence-corrected chi connectivity index (χ2v) is 6.40. The standard InChI is InChI=1S/C13H8ClF4NO2S/c14-10-3-7-12(8-4-10)22(20,21)19(18)11-5-1-9(2-6-11)13(15,16)17/h1-8H. The second-order valence-electron chi connectivity index (χ2n) is 4.22. The molecule has 0 aliphatic heterocycles. The average molecular weight is 354 g/mol. The molecule has 0 aliphatic rings. The minimum absolute atomic E-state index is 0.263. The van der Waals surface area contributed by atoms with Gasteiger partial charge in [-0.3, -0.25) is 0 Å². The Bertz CT molecular complexity index is 758. The molecule has 2 aromatic rings. The van der Waals surface area contributed by atoms with Gasteiger partial charge in [0, 0.05) is 5.02 Å². The van der Waals surface area contributed by atoms with Crippen molar-refractivity contribution in [3.63, 3.8) is 0 Å². The predicted molar refractivity (Wildman–Crippen MR) is 73.7 cm³/mol. The topological polar surface area (TPSA) is 37.4 Å². The number of nitrogens with zero attached hydrogens (tertiary/aromatic N) is 1. The third-order valence-electron chi connectivity index (χ3n) is 2.72. The van der Waals surface area contributed by atoms with E-state index < -0.39 is 32.0 Å². The van der Waals surface area contributed by atoms with Gasteiger partial charge in [0.2, 0.25) is 0 Å². The fraction of sp³-hybridized carbons (Fsp3) is 0.0769. The first-order chi connectivity index (χ1) is 10.1. The van der Waals surface area contributed by atoms with Crippen molar-refractivity contribution in [1.82, 2.24) is 0 Å². The molecule has 0 spiro atoms. The number of alkyl halides is 3. The van der Waals surface area contributed by atoms with Crippen LogP contribution in [0.4, 0.5) is 23.3 Å². The molecule has 2 rings (SSSR count). The van der Waals surface area contributed by atoms with Gasteiger partial charge in [-0.15, -0.1) is 0 Å². The molecular weight excluding hydrogens is 346 g/mol. The summed E-state index contributed by atoms with van der Waals surface area (Å²) in [6.07, 6.45) is -4.59. The van der Waals surface area contributed by atoms with Crippen molar-refractivity contribution in [1.29, 1.82) is 0 Å². The van der Waals surface area contributed by atoms with Crippen molar-refractivity contribution >= 4 is 27.3 Å². The third-order valence-corrected chi connectivity index (χ3v) is 4.47. The van der Waals surface area contributed by atoms with Crippen molar-refractivity contribution in [2.75, 3.05) is 4.53 Å². The van der Waals surface area contributed by atoms with E-state index in [2.05, 4.69) is 0 Å². The van der Waals surface area contributed by atoms with Gasteiger partial charge in [-0.2, -0.15) is 21.6 Å². The molecule has 2 aromatic carbocycles. The van der Waals surface area contributed by atoms with E-state index in [1.165, 1.54) is 12.1 Å². The molecule has 0 N–H and O–H groups in total. The maximum Gasteiger partial charge on any atom is 0.416 e. The van der Waals surface area contributed by atoms with Crippen molar-refractivity contribution in [3.8, 4) is 0 Å². The fourth-order valence-electron chi connectivity index (χ4n) is 1.61. The maximum absolute atomic E-state index is 14.1. The maximum atomic E-state index is 14.1. The van der Waals surface area contributed by atoms with Crippen LogP contribution in [0.1, 0.15) is 5.56 Å². The van der Waals surface area contributed by atoms with Gasteiger partial charge in [0.25, 0.3) is 10.0 Å². The molecule has 3 nitrogen and oxygen atoms in total. The first-order valence-corrected chi connectivity index (χ1v) is 7.58. The summed E-state index contributed by atoms with van der Waals surface area (Å²) in [5.74, 6) is 0. The minimum Gasteiger partial charge on any atom is -0.199 e. The Morgan fingerprint density at radius 1 is 0.909 bits per heavy atom. The van der Waals surface area contributed by atoms with E-state index >= 15 is 0 Å². The second kappa shape index (κ2) is 5.77. The highest BCUT2D eigenvalue weighted by Crippen LogP contribution is 2.32. The van der Waals surface area contributed by atoms with Crippen LogP contribution in [0.15, 0.2) is 53.4 Å². The molecule has 9 heteroatoms. The largest absolute Gasteiger partial charge is 0.416 e. The molecule has 0 bridgehead atoms. The SMILES string of the molecule is O=S(=O)(c1ccc(Cl)cc1)N(F)c1ccc(C(F)(F)F)cc1. The molecule has 118 valence electrons. The lowest BCUT2D eigenvalue weighted by Gasteiger charge is -2.15. The van der Waals surface area contributed by atoms with Crippen LogP contribution < -0.4 is 4.53 Å². The fourth-order valence-corrected chi connectivity index (χ4v) is 2.80. The van der Waals surface area contributed by atoms with E-state index in [1.54, 1.807) is 0 Å². The zero-order valence-corrected chi connectivity index (χ0v) is 12.3. The summed E-state index contributed by atoms with van der Waals surface area (Å²) in [6.45, 7) is 0. The van der Waals surface area contributed by atoms with Crippen molar-refractivity contribution in [2.45, 2.75) is 11.1 Å². The monoisotopic (exact) mass is 353 g/mol. The summed E-state index contributed by atoms with van der Waals surface area (Å²) < 4.78 is 74.8. The average Bonchev–Trinajstić information content (AvgIpc) is 2.46. The van der Waals surface area contributed by atoms with Gasteiger partial charge in [-0.25, -0.2) is 0 Å². The quantitative estimate of drug-likeness (QED) is 0.604. The van der Waals surface area contributed by atoms with Gasteiger partial charge in [-0.05, 0) is 48.5 Å². The lowest BCUT2D eigenvalue weighted by molar-refractivity contribution is -0.137. The first kappa shape index (κ1) is 16.6. The number of rotatable bonds is 3. The summed E-state index contributed by atoms with van der Waals surface area (Å²) >= 11 is 5.61. The summed E-state index contributed by atoms with van der Waals surface area (Å²) in [4.78, 5) is -0.376. The number of hydrogen-bond donors (Lipinski definition) is 0. The number of halogens is 5. The van der Waals surface area contributed by atoms with Crippen LogP contribution in [0.2, 0.25) is 5.02 Å². The van der Waals surface area contributed by atoms with Crippen molar-refractivity contribution in [2.24, 2.45) is 0 Å². The van der Waals surface area contributed by atoms with Crippen LogP contribution in [0.5, 0.6) is 0 Å². The molecule has 0 fully saturated rings. The van der Waals surface area contributed by atoms with E-state index in [1.807, 2.05) is 0 Å². The highest BCUT2D eigenvalue weighted by molar-refractivity contribution is 7.92. The number of sulfonamides is 1. The van der Waals surface area contributed by atoms with Gasteiger partial charge in [-0.1, -0.05) is 20.6 Å². The highest BCUT2D eigenvalue weighted by Gasteiger charge is 2.31. The molecule has 0 radical (unpaired) electrons. The number of anilines is 1. The van der Waals surface area contributed by atoms with E-state index in [0.29, 0.717) is 12.1 Å². The minimum atomic E-state index is -4.59. The molecule has 0 aromatic heterocycles. The zero-order valence-electron chi connectivity index (χ0n) is 10.7. The molecule has 0 saturated carbocycles. The van der Waals surface area contributed by atoms with Crippen molar-refractivity contribution < 1.29 is 26.1 Å². The van der Waals surface area contributed by atoms with Gasteiger partial charge in [0.1, 0.15) is 0 Å². The van der Waals surface area contributed by atoms with E-state index in [0.717, 1.165) is 24.3 Å². The lowest BCUT2D eigenvalue weighted by atomic mass is 10.2. The molecule has 0 amide bonds. The van der Waals surface area contributed by atoms with Gasteiger partial charge < -0.3 is 0 Å². The summed E-state index contributed by atoms with van der Waals surface area (Å²) in [5.41, 5.74) is -1.54. The smallest absolute Gasteiger partial charge is 0.199 e. The third kappa shape index (κ3) is 3.33. The number of benzene rings is 2. The first-order valence-electron chi connectivity index (χ1n) is 5.76. The molecule has 0 heterocycles. The Morgan fingerprint density at radius 2 is 1.41 bits per heavy atom. The van der Waals surface area contributed by atoms with Crippen LogP contribution in [-0.4, -0.2) is 8.42 Å². The Hall–Kier alpha value is -1.80. The molecule has 0 saturated heterocycles. The highest BCUT2D eigenvalue weighted by atomic mass is 35.5. The van der Waals surface area contributed by atoms with Crippen LogP contribution in [-0.2, 0) is 16.2 Å². The van der Waals surface area contributed by atoms with E-state index in [9.17, 15) is 26.1 Å². The van der Waals surface area contributed by atoms with Gasteiger partial charge in [0.05, 0.1) is 16.1 Å². The normalized spacial score (nSPS) is 12.2. The number of hydrogen-bond acceptors (Lipinski definition) is 2. The Labute approximate surface area is 128 Å². The molecular formula is C13H8ClF4NO2S. The Morgan fingerprint density at radius 3 is 1.86 bits per heavy atom. The Kier molecular flexibility index (Phi) is 4.35. The van der Waals surface area contributed by atoms with Gasteiger partial charge >= 0.3 is 6.18 Å². The predicted octanol–water partition coefficient (Wildman–Crippen LogP) is 4.44. The molecule has 22 heavy (non-hydrogen) atoms. The van der Waals surface area contributed by atoms with Crippen LogP contribution in [0.25, 0.3) is 0 Å². The van der Waals surface area contributed by atoms with Crippen LogP contribution in [0.3, 0.4) is 0 Å². The summed E-state index contributed by atoms with van der Waals surface area (Å²) in [7, 11) is -4.53. The molecule has 0 atom stereocenters. The van der Waals surface area contributed by atoms with Gasteiger partial charge in [0.15, 0.2) is 0 Å².